The lowest BCUT2D eigenvalue weighted by Gasteiger charge is -2.32. The van der Waals surface area contributed by atoms with Crippen LogP contribution in [0, 0.1) is 18.3 Å². The van der Waals surface area contributed by atoms with E-state index in [2.05, 4.69) is 36.3 Å². The van der Waals surface area contributed by atoms with E-state index in [1.807, 2.05) is 104 Å². The number of thioether (sulfide) groups is 1. The number of carbonyl (C=O) groups excluding carboxylic acids is 1. The summed E-state index contributed by atoms with van der Waals surface area (Å²) in [5.74, 6) is -0.0440. The smallest absolute Gasteiger partial charge is 0.310 e. The van der Waals surface area contributed by atoms with Crippen molar-refractivity contribution in [3.63, 3.8) is 0 Å². The molecule has 2 atom stereocenters. The first-order valence-corrected chi connectivity index (χ1v) is 19.9. The number of ketones is 1. The Morgan fingerprint density at radius 3 is 2.10 bits per heavy atom. The highest BCUT2D eigenvalue weighted by atomic mass is 32.2. The van der Waals surface area contributed by atoms with Crippen molar-refractivity contribution < 1.29 is 18.9 Å². The third kappa shape index (κ3) is 18.4. The van der Waals surface area contributed by atoms with E-state index in [0.29, 0.717) is 31.4 Å². The van der Waals surface area contributed by atoms with Gasteiger partial charge in [0.05, 0.1) is 17.2 Å². The zero-order chi connectivity index (χ0) is 37.5. The van der Waals surface area contributed by atoms with E-state index in [9.17, 15) is 18.9 Å². The minimum absolute atomic E-state index is 0.0555. The zero-order valence-electron chi connectivity index (χ0n) is 31.3. The lowest BCUT2D eigenvalue weighted by atomic mass is 9.70. The van der Waals surface area contributed by atoms with Gasteiger partial charge in [-0.3, -0.25) is 18.8 Å². The van der Waals surface area contributed by atoms with Gasteiger partial charge in [0.1, 0.15) is 0 Å². The molecular formula is C40H64N2O4S2. The first-order chi connectivity index (χ1) is 23.2. The second-order valence-electron chi connectivity index (χ2n) is 10.1. The van der Waals surface area contributed by atoms with Gasteiger partial charge < -0.3 is 10.4 Å². The van der Waals surface area contributed by atoms with Crippen molar-refractivity contribution in [3.8, 4) is 12.8 Å². The molecule has 1 saturated carbocycles. The van der Waals surface area contributed by atoms with Gasteiger partial charge in [-0.05, 0) is 61.4 Å². The van der Waals surface area contributed by atoms with Crippen LogP contribution in [0.2, 0.25) is 0 Å². The maximum Gasteiger partial charge on any atom is 0.310 e. The van der Waals surface area contributed by atoms with Crippen LogP contribution < -0.4 is 5.32 Å². The number of terminal acetylenes is 1. The number of carboxylic acids is 1. The summed E-state index contributed by atoms with van der Waals surface area (Å²) in [5.41, 5.74) is 2.78. The maximum absolute atomic E-state index is 13.1. The zero-order valence-corrected chi connectivity index (χ0v) is 32.9. The molecule has 0 radical (unpaired) electrons. The van der Waals surface area contributed by atoms with Crippen LogP contribution in [-0.2, 0) is 20.4 Å². The molecule has 270 valence electrons. The minimum atomic E-state index is -0.907. The number of nitrogens with zero attached hydrogens (tertiary/aromatic N) is 1. The molecule has 2 N–H and O–H groups in total. The number of hydrogen-bond donors (Lipinski definition) is 2. The molecule has 8 heteroatoms. The predicted molar refractivity (Wildman–Crippen MR) is 216 cm³/mol. The number of nitrogens with one attached hydrogen (secondary N) is 1. The molecule has 48 heavy (non-hydrogen) atoms. The average molecular weight is 701 g/mol. The molecule has 1 aromatic carbocycles. The third-order valence-electron chi connectivity index (χ3n) is 7.39. The fourth-order valence-corrected chi connectivity index (χ4v) is 6.75. The Labute approximate surface area is 300 Å². The fraction of sp³-hybridized carbons (Fsp3) is 0.525. The summed E-state index contributed by atoms with van der Waals surface area (Å²) in [6, 6.07) is 8.09. The molecule has 0 saturated heterocycles. The van der Waals surface area contributed by atoms with Crippen molar-refractivity contribution in [2.45, 2.75) is 112 Å². The van der Waals surface area contributed by atoms with Crippen LogP contribution in [0.15, 0.2) is 72.3 Å². The topological polar surface area (TPSA) is 95.8 Å². The number of aliphatic imine (C=N–C) groups is 1. The number of amidine groups is 1. The van der Waals surface area contributed by atoms with E-state index in [1.165, 1.54) is 0 Å². The Hall–Kier alpha value is -3.15. The number of allylic oxidation sites excluding steroid dienone is 4. The largest absolute Gasteiger partial charge is 0.481 e. The number of aliphatic carboxylic acids is 1. The van der Waals surface area contributed by atoms with Crippen molar-refractivity contribution in [1.82, 2.24) is 0 Å². The van der Waals surface area contributed by atoms with E-state index in [0.717, 1.165) is 53.4 Å². The molecule has 0 spiro atoms. The molecule has 6 nitrogen and oxygen atoms in total. The summed E-state index contributed by atoms with van der Waals surface area (Å²) in [5, 5.41) is 14.2. The van der Waals surface area contributed by atoms with Crippen LogP contribution in [0.5, 0.6) is 0 Å². The Kier molecular flexibility index (Phi) is 31.9. The maximum atomic E-state index is 13.1. The summed E-state index contributed by atoms with van der Waals surface area (Å²) < 4.78 is 11.8. The summed E-state index contributed by atoms with van der Waals surface area (Å²) in [7, 11) is -0.872. The van der Waals surface area contributed by atoms with Crippen LogP contribution >= 0.6 is 11.8 Å². The molecule has 1 aromatic rings. The number of anilines is 1. The van der Waals surface area contributed by atoms with Crippen LogP contribution in [0.3, 0.4) is 0 Å². The lowest BCUT2D eigenvalue weighted by Crippen LogP contribution is -2.35. The van der Waals surface area contributed by atoms with E-state index in [4.69, 9.17) is 0 Å². The monoisotopic (exact) mass is 700 g/mol. The van der Waals surface area contributed by atoms with Gasteiger partial charge in [-0.15, -0.1) is 26.0 Å². The van der Waals surface area contributed by atoms with Crippen molar-refractivity contribution in [3.05, 3.63) is 72.9 Å². The van der Waals surface area contributed by atoms with Crippen LogP contribution in [0.25, 0.3) is 5.57 Å². The van der Waals surface area contributed by atoms with Crippen molar-refractivity contribution in [1.29, 1.82) is 0 Å². The van der Waals surface area contributed by atoms with Gasteiger partial charge in [-0.1, -0.05) is 116 Å². The third-order valence-corrected chi connectivity index (χ3v) is 9.58. The molecular weight excluding hydrogens is 637 g/mol. The molecule has 1 heterocycles. The standard InChI is InChI=1S/C30H40N2O4S2.3C2H6.C2H4.C2H2/c1-4-23(27(33)21-30(28(34)35)17-6-5-7-18-30)11-10-22(2)24-12-14-25(15-13-24)32-29-31-19-8-9-26(38(3)36)16-20-37-29;5*1-2/h8-15,26H,4-7,16-21H2,1-3H3,(H,31,32)(H,34,35);3*1-2H3;1-2H2;1-2H/b9-8-,22-10+,23-11+;;;;;. The molecule has 3 rings (SSSR count). The van der Waals surface area contributed by atoms with E-state index in [1.54, 1.807) is 18.0 Å². The highest BCUT2D eigenvalue weighted by Crippen LogP contribution is 2.40. The van der Waals surface area contributed by atoms with E-state index < -0.39 is 22.2 Å². The first kappa shape index (κ1) is 49.2. The minimum Gasteiger partial charge on any atom is -0.481 e. The summed E-state index contributed by atoms with van der Waals surface area (Å²) in [4.78, 5) is 29.7. The Morgan fingerprint density at radius 2 is 1.60 bits per heavy atom. The Balaban J connectivity index is -0.00000185. The van der Waals surface area contributed by atoms with Crippen molar-refractivity contribution >= 4 is 50.7 Å². The molecule has 0 bridgehead atoms. The molecule has 1 aliphatic heterocycles. The van der Waals surface area contributed by atoms with E-state index in [-0.39, 0.29) is 17.5 Å². The molecule has 0 aromatic heterocycles. The van der Waals surface area contributed by atoms with Crippen molar-refractivity contribution in [2.75, 3.05) is 23.9 Å². The quantitative estimate of drug-likeness (QED) is 0.115. The SMILES string of the molecule is C#C.C=C.CC.CC.CC.CC/C(=C\C=C(/C)c1ccc(NC2=NC/C=C\C(S(C)=O)CCS2)cc1)C(=O)CC1(C(=O)O)CCCCC1. The fourth-order valence-electron chi connectivity index (χ4n) is 4.90. The number of carbonyl (C=O) groups is 2. The van der Waals surface area contributed by atoms with Gasteiger partial charge in [0, 0.05) is 34.9 Å². The number of rotatable bonds is 9. The normalized spacial score (nSPS) is 18.1. The molecule has 2 aliphatic rings. The van der Waals surface area contributed by atoms with Crippen molar-refractivity contribution in [2.24, 2.45) is 10.4 Å². The van der Waals surface area contributed by atoms with Crippen LogP contribution in [0.4, 0.5) is 5.69 Å². The van der Waals surface area contributed by atoms with Gasteiger partial charge >= 0.3 is 5.97 Å². The van der Waals surface area contributed by atoms with Crippen LogP contribution in [0.1, 0.15) is 112 Å². The number of Topliss-reactive ketones (excluding diaryl/α,β-unsaturated/α-hetero) is 1. The van der Waals surface area contributed by atoms with E-state index >= 15 is 0 Å². The molecule has 0 amide bonds. The van der Waals surface area contributed by atoms with Gasteiger partial charge in [0.2, 0.25) is 0 Å². The Morgan fingerprint density at radius 1 is 1.04 bits per heavy atom. The van der Waals surface area contributed by atoms with Gasteiger partial charge in [0.15, 0.2) is 11.0 Å². The van der Waals surface area contributed by atoms with Gasteiger partial charge in [-0.2, -0.15) is 0 Å². The number of hydrogen-bond acceptors (Lipinski definition) is 6. The lowest BCUT2D eigenvalue weighted by molar-refractivity contribution is -0.153. The Bertz CT molecular complexity index is 1190. The number of carboxylic acid groups (broad SMARTS) is 1. The first-order valence-electron chi connectivity index (χ1n) is 17.2. The highest BCUT2D eigenvalue weighted by molar-refractivity contribution is 8.14. The average Bonchev–Trinajstić information content (AvgIpc) is 3.25. The highest BCUT2D eigenvalue weighted by Gasteiger charge is 2.41. The molecule has 1 fully saturated rings. The van der Waals surface area contributed by atoms with Crippen LogP contribution in [-0.4, -0.2) is 50.0 Å². The second kappa shape index (κ2) is 31.1. The predicted octanol–water partition coefficient (Wildman–Crippen LogP) is 10.8. The second-order valence-corrected chi connectivity index (χ2v) is 12.8. The summed E-state index contributed by atoms with van der Waals surface area (Å²) in [6.45, 7) is 22.5. The molecule has 1 aliphatic carbocycles. The molecule has 2 unspecified atom stereocenters. The number of benzene rings is 1. The summed E-state index contributed by atoms with van der Waals surface area (Å²) >= 11 is 1.64. The van der Waals surface area contributed by atoms with Gasteiger partial charge in [0.25, 0.3) is 0 Å². The summed E-state index contributed by atoms with van der Waals surface area (Å²) in [6.07, 6.45) is 23.0. The van der Waals surface area contributed by atoms with Gasteiger partial charge in [-0.25, -0.2) is 0 Å².